The predicted molar refractivity (Wildman–Crippen MR) is 165 cm³/mol. The van der Waals surface area contributed by atoms with Crippen molar-refractivity contribution in [3.63, 3.8) is 0 Å². The zero-order valence-electron chi connectivity index (χ0n) is 24.8. The molecule has 0 saturated heterocycles. The van der Waals surface area contributed by atoms with Crippen LogP contribution in [0.1, 0.15) is 59.7 Å². The third kappa shape index (κ3) is 6.32. The summed E-state index contributed by atoms with van der Waals surface area (Å²) >= 11 is 0. The number of rotatable bonds is 6. The third-order valence-electron chi connectivity index (χ3n) is 8.26. The van der Waals surface area contributed by atoms with Gasteiger partial charge in [0.1, 0.15) is 22.5 Å². The van der Waals surface area contributed by atoms with Crippen LogP contribution in [0.3, 0.4) is 0 Å². The van der Waals surface area contributed by atoms with Gasteiger partial charge in [-0.2, -0.15) is 0 Å². The Hall–Kier alpha value is -3.87. The molecule has 2 aliphatic heterocycles. The normalized spacial score (nSPS) is 23.2. The molecule has 0 N–H and O–H groups in total. The molecule has 0 aliphatic carbocycles. The topological polar surface area (TPSA) is 56.1 Å². The number of nitrogens with zero attached hydrogens (tertiary/aromatic N) is 3. The molecule has 4 atom stereocenters. The Morgan fingerprint density at radius 3 is 1.16 bits per heavy atom. The number of aromatic nitrogens is 1. The molecular formula is C37H31Cl2N3O2V. The van der Waals surface area contributed by atoms with Gasteiger partial charge in [-0.1, -0.05) is 127 Å². The van der Waals surface area contributed by atoms with Crippen molar-refractivity contribution in [2.75, 3.05) is 0 Å². The van der Waals surface area contributed by atoms with Gasteiger partial charge >= 0.3 is 18.6 Å². The Labute approximate surface area is 288 Å². The molecular weight excluding hydrogens is 640 g/mol. The van der Waals surface area contributed by atoms with E-state index in [4.69, 9.17) is 24.4 Å². The van der Waals surface area contributed by atoms with Crippen molar-refractivity contribution in [1.29, 1.82) is 0 Å². The summed E-state index contributed by atoms with van der Waals surface area (Å²) < 4.78 is 13.3. The fourth-order valence-corrected chi connectivity index (χ4v) is 5.98. The molecule has 5 aromatic rings. The van der Waals surface area contributed by atoms with Crippen LogP contribution in [0.25, 0.3) is 0 Å². The van der Waals surface area contributed by atoms with Gasteiger partial charge in [0.25, 0.3) is 0 Å². The van der Waals surface area contributed by atoms with Crippen molar-refractivity contribution in [3.05, 3.63) is 173 Å². The minimum Gasteiger partial charge on any atom is -1.00 e. The average Bonchev–Trinajstić information content (AvgIpc) is 3.62. The number of benzene rings is 4. The van der Waals surface area contributed by atoms with E-state index in [2.05, 4.69) is 62.4 Å². The first kappa shape index (κ1) is 34.0. The van der Waals surface area contributed by atoms with E-state index in [0.29, 0.717) is 23.2 Å². The monoisotopic (exact) mass is 670 g/mol. The van der Waals surface area contributed by atoms with Crippen LogP contribution in [-0.2, 0) is 39.1 Å². The molecule has 5 nitrogen and oxygen atoms in total. The van der Waals surface area contributed by atoms with Gasteiger partial charge in [0.2, 0.25) is 11.8 Å². The van der Waals surface area contributed by atoms with E-state index in [-0.39, 0.29) is 55.6 Å². The summed E-state index contributed by atoms with van der Waals surface area (Å²) in [7, 11) is 0. The minimum atomic E-state index is -0.624. The zero-order valence-corrected chi connectivity index (χ0v) is 27.7. The van der Waals surface area contributed by atoms with Gasteiger partial charge in [-0.15, -0.1) is 0 Å². The van der Waals surface area contributed by atoms with Crippen molar-refractivity contribution in [1.82, 2.24) is 4.98 Å². The number of halogens is 2. The largest absolute Gasteiger partial charge is 2.00 e. The van der Waals surface area contributed by atoms with E-state index in [1.165, 1.54) is 0 Å². The molecule has 3 heterocycles. The fraction of sp³-hybridized carbons (Fsp3) is 0.162. The van der Waals surface area contributed by atoms with Crippen molar-refractivity contribution in [3.8, 4) is 0 Å². The first-order valence-electron chi connectivity index (χ1n) is 14.3. The summed E-state index contributed by atoms with van der Waals surface area (Å²) in [4.78, 5) is 15.4. The second-order valence-electron chi connectivity index (χ2n) is 11.1. The molecule has 1 aromatic heterocycles. The van der Waals surface area contributed by atoms with Crippen LogP contribution in [0.4, 0.5) is 0 Å². The summed E-state index contributed by atoms with van der Waals surface area (Å²) in [6.07, 6.45) is -0.601. The summed E-state index contributed by atoms with van der Waals surface area (Å²) in [5.41, 5.74) is 4.32. The average molecular weight is 672 g/mol. The van der Waals surface area contributed by atoms with Crippen LogP contribution < -0.4 is 24.8 Å². The molecule has 45 heavy (non-hydrogen) atoms. The molecule has 8 heteroatoms. The minimum absolute atomic E-state index is 0. The summed E-state index contributed by atoms with van der Waals surface area (Å²) in [6.45, 7) is 4.24. The van der Waals surface area contributed by atoms with Crippen LogP contribution in [0.5, 0.6) is 0 Å². The summed E-state index contributed by atoms with van der Waals surface area (Å²) in [6, 6.07) is 46.9. The molecule has 0 bridgehead atoms. The number of aliphatic imine (C=N–C) groups is 2. The van der Waals surface area contributed by atoms with Gasteiger partial charge in [-0.05, 0) is 48.2 Å². The Morgan fingerprint density at radius 2 is 0.800 bits per heavy atom. The molecule has 0 amide bonds. The second-order valence-corrected chi connectivity index (χ2v) is 11.1. The van der Waals surface area contributed by atoms with E-state index in [1.807, 2.05) is 91.0 Å². The van der Waals surface area contributed by atoms with Crippen molar-refractivity contribution in [2.45, 2.75) is 37.1 Å². The molecule has 1 radical (unpaired) electrons. The van der Waals surface area contributed by atoms with E-state index in [9.17, 15) is 0 Å². The van der Waals surface area contributed by atoms with Gasteiger partial charge in [-0.25, -0.2) is 15.0 Å². The van der Waals surface area contributed by atoms with E-state index in [1.54, 1.807) is 0 Å². The first-order chi connectivity index (χ1) is 20.5. The quantitative estimate of drug-likeness (QED) is 0.278. The molecule has 4 unspecified atom stereocenters. The van der Waals surface area contributed by atoms with Gasteiger partial charge in [0, 0.05) is 0 Å². The van der Waals surface area contributed by atoms with E-state index >= 15 is 0 Å². The third-order valence-corrected chi connectivity index (χ3v) is 8.26. The van der Waals surface area contributed by atoms with Gasteiger partial charge in [0.05, 0.1) is 0 Å². The van der Waals surface area contributed by atoms with Gasteiger partial charge in [-0.3, -0.25) is 0 Å². The zero-order chi connectivity index (χ0) is 28.6. The number of hydrogen-bond acceptors (Lipinski definition) is 5. The molecule has 0 saturated carbocycles. The van der Waals surface area contributed by atoms with Gasteiger partial charge in [0.15, 0.2) is 12.2 Å². The van der Waals surface area contributed by atoms with Crippen molar-refractivity contribution < 1.29 is 52.8 Å². The number of pyridine rings is 1. The van der Waals surface area contributed by atoms with Crippen LogP contribution in [0.2, 0.25) is 0 Å². The molecule has 7 rings (SSSR count). The van der Waals surface area contributed by atoms with Crippen molar-refractivity contribution >= 4 is 11.8 Å². The maximum atomic E-state index is 6.63. The predicted octanol–water partition coefficient (Wildman–Crippen LogP) is 1.95. The SMILES string of the molecule is CC1(c2ccccc2)N=C(c2cccc(C3=NC(C)(c4ccccc4)C(c4ccccc4)O3)n2)OC1c1ccccc1.[Cl-].[Cl-].[V+2]. The Balaban J connectivity index is 0.00000154. The molecule has 2 aliphatic rings. The summed E-state index contributed by atoms with van der Waals surface area (Å²) in [5.74, 6) is 1.00. The van der Waals surface area contributed by atoms with E-state index in [0.717, 1.165) is 22.3 Å². The molecule has 4 aromatic carbocycles. The summed E-state index contributed by atoms with van der Waals surface area (Å²) in [5, 5.41) is 0. The fourth-order valence-electron chi connectivity index (χ4n) is 5.98. The first-order valence-corrected chi connectivity index (χ1v) is 14.3. The van der Waals surface area contributed by atoms with E-state index < -0.39 is 11.1 Å². The Kier molecular flexibility index (Phi) is 10.6. The molecule has 225 valence electrons. The van der Waals surface area contributed by atoms with Crippen LogP contribution in [0.15, 0.2) is 150 Å². The number of ether oxygens (including phenoxy) is 2. The Morgan fingerprint density at radius 1 is 0.467 bits per heavy atom. The second kappa shape index (κ2) is 14.1. The van der Waals surface area contributed by atoms with Crippen molar-refractivity contribution in [2.24, 2.45) is 9.98 Å². The molecule has 0 spiro atoms. The number of hydrogen-bond donors (Lipinski definition) is 0. The van der Waals surface area contributed by atoms with Crippen LogP contribution in [0, 0.1) is 0 Å². The maximum absolute atomic E-state index is 6.63. The standard InChI is InChI=1S/C37H31N3O2.2ClH.V/c1-36(28-20-11-5-12-21-28)32(26-16-7-3-8-17-26)41-34(39-36)30-24-15-25-31(38-30)35-40-37(2,29-22-13-6-14-23-29)33(42-35)27-18-9-4-10-19-27;;;/h3-25,32-33H,1-2H3;2*1H;/q;;;+2/p-2. The molecule has 0 fully saturated rings. The smallest absolute Gasteiger partial charge is 1.00 e. The van der Waals surface area contributed by atoms with Gasteiger partial charge < -0.3 is 34.3 Å². The maximum Gasteiger partial charge on any atom is 2.00 e. The Bertz CT molecular complexity index is 1650. The van der Waals surface area contributed by atoms with Crippen LogP contribution in [-0.4, -0.2) is 16.8 Å². The van der Waals surface area contributed by atoms with Crippen LogP contribution >= 0.6 is 0 Å².